The highest BCUT2D eigenvalue weighted by atomic mass is 32.2. The number of benzene rings is 1. The SMILES string of the molecule is Cc1ccc(C)c(SCC(=O)N(CC(=O)O)C2CC2)c1. The Morgan fingerprint density at radius 2 is 2.05 bits per heavy atom. The van der Waals surface area contributed by atoms with Gasteiger partial charge in [0.05, 0.1) is 5.75 Å². The number of carboxylic acid groups (broad SMARTS) is 1. The van der Waals surface area contributed by atoms with Crippen molar-refractivity contribution in [1.29, 1.82) is 0 Å². The zero-order valence-corrected chi connectivity index (χ0v) is 12.6. The molecule has 0 spiro atoms. The molecule has 108 valence electrons. The molecule has 0 radical (unpaired) electrons. The van der Waals surface area contributed by atoms with E-state index < -0.39 is 5.97 Å². The number of aliphatic carboxylic acids is 1. The standard InChI is InChI=1S/C15H19NO3S/c1-10-3-4-11(2)13(7-10)20-9-14(17)16(8-15(18)19)12-5-6-12/h3-4,7,12H,5-6,8-9H2,1-2H3,(H,18,19). The summed E-state index contributed by atoms with van der Waals surface area (Å²) in [6.07, 6.45) is 1.85. The maximum Gasteiger partial charge on any atom is 0.323 e. The molecule has 2 rings (SSSR count). The van der Waals surface area contributed by atoms with Crippen molar-refractivity contribution in [3.8, 4) is 0 Å². The molecule has 0 saturated heterocycles. The molecular formula is C15H19NO3S. The van der Waals surface area contributed by atoms with Crippen LogP contribution >= 0.6 is 11.8 Å². The molecule has 1 saturated carbocycles. The molecule has 4 nitrogen and oxygen atoms in total. The summed E-state index contributed by atoms with van der Waals surface area (Å²) in [4.78, 5) is 25.6. The number of carbonyl (C=O) groups is 2. The number of carbonyl (C=O) groups excluding carboxylic acids is 1. The highest BCUT2D eigenvalue weighted by molar-refractivity contribution is 8.00. The van der Waals surface area contributed by atoms with Gasteiger partial charge in [0, 0.05) is 10.9 Å². The van der Waals surface area contributed by atoms with E-state index in [9.17, 15) is 9.59 Å². The van der Waals surface area contributed by atoms with E-state index in [0.717, 1.165) is 28.9 Å². The van der Waals surface area contributed by atoms with Crippen LogP contribution in [-0.4, -0.2) is 40.2 Å². The van der Waals surface area contributed by atoms with Crippen LogP contribution in [0.1, 0.15) is 24.0 Å². The summed E-state index contributed by atoms with van der Waals surface area (Å²) in [6.45, 7) is 3.85. The van der Waals surface area contributed by atoms with E-state index >= 15 is 0 Å². The molecule has 1 fully saturated rings. The number of hydrogen-bond acceptors (Lipinski definition) is 3. The van der Waals surface area contributed by atoms with Crippen LogP contribution in [0, 0.1) is 13.8 Å². The largest absolute Gasteiger partial charge is 0.480 e. The predicted molar refractivity (Wildman–Crippen MR) is 79.0 cm³/mol. The van der Waals surface area contributed by atoms with Gasteiger partial charge < -0.3 is 10.0 Å². The molecule has 1 aliphatic rings. The molecule has 1 aromatic rings. The Bertz CT molecular complexity index is 526. The lowest BCUT2D eigenvalue weighted by atomic mass is 10.2. The number of thioether (sulfide) groups is 1. The van der Waals surface area contributed by atoms with Gasteiger partial charge in [-0.25, -0.2) is 0 Å². The molecule has 0 aliphatic heterocycles. The fraction of sp³-hybridized carbons (Fsp3) is 0.467. The van der Waals surface area contributed by atoms with Gasteiger partial charge in [0.1, 0.15) is 6.54 Å². The van der Waals surface area contributed by atoms with Crippen molar-refractivity contribution in [3.05, 3.63) is 29.3 Å². The minimum Gasteiger partial charge on any atom is -0.480 e. The molecule has 0 atom stereocenters. The lowest BCUT2D eigenvalue weighted by Crippen LogP contribution is -2.38. The van der Waals surface area contributed by atoms with E-state index in [4.69, 9.17) is 5.11 Å². The van der Waals surface area contributed by atoms with E-state index in [1.165, 1.54) is 16.7 Å². The number of carboxylic acids is 1. The molecule has 20 heavy (non-hydrogen) atoms. The van der Waals surface area contributed by atoms with Gasteiger partial charge in [0.2, 0.25) is 5.91 Å². The molecule has 0 aromatic heterocycles. The fourth-order valence-electron chi connectivity index (χ4n) is 2.04. The van der Waals surface area contributed by atoms with Gasteiger partial charge in [0.15, 0.2) is 0 Å². The maximum absolute atomic E-state index is 12.2. The first-order valence-electron chi connectivity index (χ1n) is 6.68. The molecule has 5 heteroatoms. The third kappa shape index (κ3) is 4.00. The Hall–Kier alpha value is -1.49. The topological polar surface area (TPSA) is 57.6 Å². The van der Waals surface area contributed by atoms with Crippen LogP contribution in [0.4, 0.5) is 0 Å². The van der Waals surface area contributed by atoms with Crippen molar-refractivity contribution in [2.24, 2.45) is 0 Å². The van der Waals surface area contributed by atoms with Crippen molar-refractivity contribution >= 4 is 23.6 Å². The molecule has 0 bridgehead atoms. The molecule has 1 aromatic carbocycles. The maximum atomic E-state index is 12.2. The summed E-state index contributed by atoms with van der Waals surface area (Å²) in [7, 11) is 0. The van der Waals surface area contributed by atoms with Crippen LogP contribution in [-0.2, 0) is 9.59 Å². The Balaban J connectivity index is 1.96. The first-order chi connectivity index (χ1) is 9.47. The van der Waals surface area contributed by atoms with Gasteiger partial charge in [-0.05, 0) is 38.3 Å². The molecule has 1 amide bonds. The van der Waals surface area contributed by atoms with Crippen LogP contribution in [0.25, 0.3) is 0 Å². The van der Waals surface area contributed by atoms with Gasteiger partial charge in [0.25, 0.3) is 0 Å². The van der Waals surface area contributed by atoms with Gasteiger partial charge in [-0.1, -0.05) is 17.7 Å². The van der Waals surface area contributed by atoms with E-state index in [-0.39, 0.29) is 18.5 Å². The van der Waals surface area contributed by atoms with Crippen LogP contribution < -0.4 is 0 Å². The average molecular weight is 293 g/mol. The van der Waals surface area contributed by atoms with Crippen LogP contribution in [0.15, 0.2) is 23.1 Å². The molecular weight excluding hydrogens is 274 g/mol. The van der Waals surface area contributed by atoms with E-state index in [1.54, 1.807) is 0 Å². The summed E-state index contributed by atoms with van der Waals surface area (Å²) in [5, 5.41) is 8.87. The van der Waals surface area contributed by atoms with Crippen molar-refractivity contribution in [2.45, 2.75) is 37.6 Å². The van der Waals surface area contributed by atoms with Crippen molar-refractivity contribution in [3.63, 3.8) is 0 Å². The van der Waals surface area contributed by atoms with Crippen LogP contribution in [0.2, 0.25) is 0 Å². The Labute approximate surface area is 123 Å². The second kappa shape index (κ2) is 6.31. The highest BCUT2D eigenvalue weighted by Gasteiger charge is 2.33. The lowest BCUT2D eigenvalue weighted by Gasteiger charge is -2.20. The molecule has 0 heterocycles. The first kappa shape index (κ1) is 14.9. The molecule has 0 unspecified atom stereocenters. The predicted octanol–water partition coefficient (Wildman–Crippen LogP) is 2.47. The third-order valence-corrected chi connectivity index (χ3v) is 4.45. The Morgan fingerprint density at radius 1 is 1.35 bits per heavy atom. The molecule has 1 N–H and O–H groups in total. The quantitative estimate of drug-likeness (QED) is 0.819. The smallest absolute Gasteiger partial charge is 0.323 e. The van der Waals surface area contributed by atoms with Gasteiger partial charge in [-0.2, -0.15) is 0 Å². The first-order valence-corrected chi connectivity index (χ1v) is 7.67. The normalized spacial score (nSPS) is 14.1. The summed E-state index contributed by atoms with van der Waals surface area (Å²) in [5.74, 6) is -0.726. The number of hydrogen-bond donors (Lipinski definition) is 1. The van der Waals surface area contributed by atoms with Gasteiger partial charge in [-0.3, -0.25) is 9.59 Å². The summed E-state index contributed by atoms with van der Waals surface area (Å²) < 4.78 is 0. The summed E-state index contributed by atoms with van der Waals surface area (Å²) >= 11 is 1.49. The number of nitrogens with zero attached hydrogens (tertiary/aromatic N) is 1. The van der Waals surface area contributed by atoms with E-state index in [1.807, 2.05) is 26.0 Å². The minimum absolute atomic E-state index is 0.0826. The lowest BCUT2D eigenvalue weighted by molar-refractivity contribution is -0.143. The third-order valence-electron chi connectivity index (χ3n) is 3.31. The van der Waals surface area contributed by atoms with Crippen molar-refractivity contribution in [1.82, 2.24) is 4.90 Å². The second-order valence-corrected chi connectivity index (χ2v) is 6.22. The summed E-state index contributed by atoms with van der Waals surface area (Å²) in [5.41, 5.74) is 2.31. The van der Waals surface area contributed by atoms with Crippen LogP contribution in [0.5, 0.6) is 0 Å². The average Bonchev–Trinajstić information content (AvgIpc) is 3.20. The van der Waals surface area contributed by atoms with Crippen molar-refractivity contribution in [2.75, 3.05) is 12.3 Å². The summed E-state index contributed by atoms with van der Waals surface area (Å²) in [6, 6.07) is 6.28. The second-order valence-electron chi connectivity index (χ2n) is 5.20. The zero-order valence-electron chi connectivity index (χ0n) is 11.8. The van der Waals surface area contributed by atoms with E-state index in [0.29, 0.717) is 5.75 Å². The monoisotopic (exact) mass is 293 g/mol. The zero-order chi connectivity index (χ0) is 14.7. The highest BCUT2D eigenvalue weighted by Crippen LogP contribution is 2.29. The Morgan fingerprint density at radius 3 is 2.65 bits per heavy atom. The van der Waals surface area contributed by atoms with Crippen LogP contribution in [0.3, 0.4) is 0 Å². The van der Waals surface area contributed by atoms with Gasteiger partial charge >= 0.3 is 5.97 Å². The van der Waals surface area contributed by atoms with E-state index in [2.05, 4.69) is 6.07 Å². The van der Waals surface area contributed by atoms with Crippen molar-refractivity contribution < 1.29 is 14.7 Å². The van der Waals surface area contributed by atoms with Gasteiger partial charge in [-0.15, -0.1) is 11.8 Å². The number of rotatable bonds is 6. The Kier molecular flexibility index (Phi) is 4.70. The fourth-order valence-corrected chi connectivity index (χ4v) is 3.05. The molecule has 1 aliphatic carbocycles. The number of amides is 1. The minimum atomic E-state index is -0.943. The number of aryl methyl sites for hydroxylation is 2.